The van der Waals surface area contributed by atoms with Gasteiger partial charge in [0.25, 0.3) is 0 Å². The molecule has 0 unspecified atom stereocenters. The molecule has 0 amide bonds. The number of nitrogens with zero attached hydrogens (tertiary/aromatic N) is 2. The van der Waals surface area contributed by atoms with E-state index in [1.807, 2.05) is 11.6 Å². The first kappa shape index (κ1) is 8.52. The SMILES string of the molecule is Cn1ccc(=O)c2ccc(C#N)cc21. The molecular weight excluding hydrogens is 176 g/mol. The summed E-state index contributed by atoms with van der Waals surface area (Å²) in [4.78, 5) is 11.4. The number of aryl methyl sites for hydroxylation is 1. The number of rotatable bonds is 0. The largest absolute Gasteiger partial charge is 0.350 e. The second-order valence-corrected chi connectivity index (χ2v) is 3.13. The normalized spacial score (nSPS) is 10.0. The summed E-state index contributed by atoms with van der Waals surface area (Å²) < 4.78 is 1.83. The first-order chi connectivity index (χ1) is 6.72. The fourth-order valence-corrected chi connectivity index (χ4v) is 1.45. The maximum atomic E-state index is 11.4. The lowest BCUT2D eigenvalue weighted by molar-refractivity contribution is 0.950. The number of hydrogen-bond acceptors (Lipinski definition) is 2. The van der Waals surface area contributed by atoms with Crippen LogP contribution in [0, 0.1) is 11.3 Å². The van der Waals surface area contributed by atoms with Gasteiger partial charge in [-0.1, -0.05) is 0 Å². The first-order valence-electron chi connectivity index (χ1n) is 4.22. The molecule has 0 bridgehead atoms. The van der Waals surface area contributed by atoms with Gasteiger partial charge in [-0.25, -0.2) is 0 Å². The van der Waals surface area contributed by atoms with Crippen molar-refractivity contribution in [3.05, 3.63) is 46.2 Å². The molecule has 1 heterocycles. The molecule has 0 fully saturated rings. The Hall–Kier alpha value is -2.08. The lowest BCUT2D eigenvalue weighted by Gasteiger charge is -2.03. The van der Waals surface area contributed by atoms with Gasteiger partial charge < -0.3 is 4.57 Å². The van der Waals surface area contributed by atoms with E-state index < -0.39 is 0 Å². The third kappa shape index (κ3) is 1.17. The standard InChI is InChI=1S/C11H8N2O/c1-13-5-4-11(14)9-3-2-8(7-12)6-10(9)13/h2-6H,1H3. The first-order valence-corrected chi connectivity index (χ1v) is 4.22. The fourth-order valence-electron chi connectivity index (χ4n) is 1.45. The van der Waals surface area contributed by atoms with Gasteiger partial charge in [0.15, 0.2) is 5.43 Å². The van der Waals surface area contributed by atoms with E-state index in [1.165, 1.54) is 6.07 Å². The molecule has 3 heteroatoms. The van der Waals surface area contributed by atoms with Crippen molar-refractivity contribution in [1.29, 1.82) is 5.26 Å². The van der Waals surface area contributed by atoms with E-state index in [-0.39, 0.29) is 5.43 Å². The molecule has 2 rings (SSSR count). The molecule has 0 aliphatic carbocycles. The zero-order valence-electron chi connectivity index (χ0n) is 7.69. The van der Waals surface area contributed by atoms with Gasteiger partial charge in [0.2, 0.25) is 0 Å². The molecule has 0 radical (unpaired) electrons. The number of fused-ring (bicyclic) bond motifs is 1. The molecule has 0 N–H and O–H groups in total. The van der Waals surface area contributed by atoms with E-state index >= 15 is 0 Å². The van der Waals surface area contributed by atoms with Gasteiger partial charge >= 0.3 is 0 Å². The summed E-state index contributed by atoms with van der Waals surface area (Å²) in [6.07, 6.45) is 1.70. The molecule has 14 heavy (non-hydrogen) atoms. The van der Waals surface area contributed by atoms with E-state index in [9.17, 15) is 4.79 Å². The van der Waals surface area contributed by atoms with Crippen molar-refractivity contribution in [1.82, 2.24) is 4.57 Å². The molecule has 0 spiro atoms. The molecule has 0 atom stereocenters. The van der Waals surface area contributed by atoms with Crippen LogP contribution in [0.3, 0.4) is 0 Å². The average Bonchev–Trinajstić information content (AvgIpc) is 2.23. The third-order valence-electron chi connectivity index (χ3n) is 2.22. The van der Waals surface area contributed by atoms with Crippen LogP contribution in [0.4, 0.5) is 0 Å². The van der Waals surface area contributed by atoms with Gasteiger partial charge in [-0.05, 0) is 18.2 Å². The zero-order valence-corrected chi connectivity index (χ0v) is 7.69. The predicted molar refractivity (Wildman–Crippen MR) is 53.9 cm³/mol. The van der Waals surface area contributed by atoms with Crippen molar-refractivity contribution in [2.45, 2.75) is 0 Å². The Morgan fingerprint density at radius 3 is 2.86 bits per heavy atom. The highest BCUT2D eigenvalue weighted by Gasteiger charge is 2.00. The molecule has 2 aromatic rings. The smallest absolute Gasteiger partial charge is 0.189 e. The molecule has 1 aromatic heterocycles. The number of benzene rings is 1. The average molecular weight is 184 g/mol. The minimum Gasteiger partial charge on any atom is -0.350 e. The highest BCUT2D eigenvalue weighted by atomic mass is 16.1. The zero-order chi connectivity index (χ0) is 10.1. The Balaban J connectivity index is 2.96. The number of hydrogen-bond donors (Lipinski definition) is 0. The topological polar surface area (TPSA) is 45.8 Å². The van der Waals surface area contributed by atoms with Crippen LogP contribution in [-0.4, -0.2) is 4.57 Å². The number of nitriles is 1. The van der Waals surface area contributed by atoms with Gasteiger partial charge in [-0.15, -0.1) is 0 Å². The van der Waals surface area contributed by atoms with E-state index in [0.717, 1.165) is 5.52 Å². The van der Waals surface area contributed by atoms with Crippen molar-refractivity contribution in [2.75, 3.05) is 0 Å². The van der Waals surface area contributed by atoms with E-state index in [1.54, 1.807) is 24.4 Å². The second-order valence-electron chi connectivity index (χ2n) is 3.13. The summed E-state index contributed by atoms with van der Waals surface area (Å²) in [5.74, 6) is 0. The Kier molecular flexibility index (Phi) is 1.83. The molecule has 0 aliphatic heterocycles. The summed E-state index contributed by atoms with van der Waals surface area (Å²) in [5.41, 5.74) is 1.35. The number of aromatic nitrogens is 1. The molecule has 0 aliphatic rings. The summed E-state index contributed by atoms with van der Waals surface area (Å²) in [6, 6.07) is 8.64. The molecule has 0 saturated heterocycles. The summed E-state index contributed by atoms with van der Waals surface area (Å²) in [7, 11) is 1.85. The fraction of sp³-hybridized carbons (Fsp3) is 0.0909. The molecule has 1 aromatic carbocycles. The van der Waals surface area contributed by atoms with Crippen molar-refractivity contribution < 1.29 is 0 Å². The summed E-state index contributed by atoms with van der Waals surface area (Å²) >= 11 is 0. The quantitative estimate of drug-likeness (QED) is 0.621. The van der Waals surface area contributed by atoms with Crippen LogP contribution in [0.15, 0.2) is 35.3 Å². The third-order valence-corrected chi connectivity index (χ3v) is 2.22. The minimum absolute atomic E-state index is 0.0115. The van der Waals surface area contributed by atoms with Crippen molar-refractivity contribution in [2.24, 2.45) is 7.05 Å². The van der Waals surface area contributed by atoms with E-state index in [4.69, 9.17) is 5.26 Å². The van der Waals surface area contributed by atoms with E-state index in [0.29, 0.717) is 10.9 Å². The van der Waals surface area contributed by atoms with Gasteiger partial charge in [-0.2, -0.15) is 5.26 Å². The molecule has 3 nitrogen and oxygen atoms in total. The lowest BCUT2D eigenvalue weighted by Crippen LogP contribution is -2.04. The van der Waals surface area contributed by atoms with Gasteiger partial charge in [0.05, 0.1) is 17.1 Å². The second kappa shape index (κ2) is 3.00. The van der Waals surface area contributed by atoms with Gasteiger partial charge in [-0.3, -0.25) is 4.79 Å². The Bertz CT molecular complexity index is 590. The maximum absolute atomic E-state index is 11.4. The van der Waals surface area contributed by atoms with Crippen molar-refractivity contribution >= 4 is 10.9 Å². The van der Waals surface area contributed by atoms with Crippen LogP contribution in [-0.2, 0) is 7.05 Å². The molecule has 0 saturated carbocycles. The number of pyridine rings is 1. The van der Waals surface area contributed by atoms with Crippen LogP contribution in [0.1, 0.15) is 5.56 Å². The molecular formula is C11H8N2O. The highest BCUT2D eigenvalue weighted by molar-refractivity contribution is 5.80. The van der Waals surface area contributed by atoms with Crippen LogP contribution < -0.4 is 5.43 Å². The van der Waals surface area contributed by atoms with Crippen LogP contribution in [0.2, 0.25) is 0 Å². The minimum atomic E-state index is -0.0115. The Morgan fingerprint density at radius 2 is 2.14 bits per heavy atom. The Labute approximate surface area is 80.8 Å². The van der Waals surface area contributed by atoms with Crippen molar-refractivity contribution in [3.63, 3.8) is 0 Å². The van der Waals surface area contributed by atoms with Crippen LogP contribution >= 0.6 is 0 Å². The van der Waals surface area contributed by atoms with Gasteiger partial charge in [0.1, 0.15) is 0 Å². The maximum Gasteiger partial charge on any atom is 0.189 e. The summed E-state index contributed by atoms with van der Waals surface area (Å²) in [5, 5.41) is 9.37. The predicted octanol–water partition coefficient (Wildman–Crippen LogP) is 1.41. The monoisotopic (exact) mass is 184 g/mol. The van der Waals surface area contributed by atoms with Gasteiger partial charge in [0, 0.05) is 24.7 Å². The van der Waals surface area contributed by atoms with Crippen LogP contribution in [0.25, 0.3) is 10.9 Å². The lowest BCUT2D eigenvalue weighted by atomic mass is 10.1. The summed E-state index contributed by atoms with van der Waals surface area (Å²) in [6.45, 7) is 0. The Morgan fingerprint density at radius 1 is 1.36 bits per heavy atom. The van der Waals surface area contributed by atoms with E-state index in [2.05, 4.69) is 6.07 Å². The highest BCUT2D eigenvalue weighted by Crippen LogP contribution is 2.10. The van der Waals surface area contributed by atoms with Crippen molar-refractivity contribution in [3.8, 4) is 6.07 Å². The van der Waals surface area contributed by atoms with Crippen LogP contribution in [0.5, 0.6) is 0 Å². The molecule has 68 valence electrons.